The number of hydrogen-bond donors (Lipinski definition) is 2. The third-order valence-electron chi connectivity index (χ3n) is 4.66. The van der Waals surface area contributed by atoms with Gasteiger partial charge >= 0.3 is 0 Å². The van der Waals surface area contributed by atoms with Gasteiger partial charge in [0.05, 0.1) is 11.1 Å². The van der Waals surface area contributed by atoms with Gasteiger partial charge in [0.15, 0.2) is 0 Å². The Morgan fingerprint density at radius 2 is 2.25 bits per heavy atom. The van der Waals surface area contributed by atoms with Crippen LogP contribution < -0.4 is 5.32 Å². The van der Waals surface area contributed by atoms with Crippen LogP contribution in [0.3, 0.4) is 0 Å². The highest BCUT2D eigenvalue weighted by Gasteiger charge is 2.24. The van der Waals surface area contributed by atoms with Gasteiger partial charge in [0.1, 0.15) is 17.8 Å². The second-order valence-corrected chi connectivity index (χ2v) is 6.41. The Kier molecular flexibility index (Phi) is 4.13. The van der Waals surface area contributed by atoms with Crippen LogP contribution in [-0.4, -0.2) is 44.0 Å². The van der Waals surface area contributed by atoms with E-state index < -0.39 is 0 Å². The first-order chi connectivity index (χ1) is 11.8. The third kappa shape index (κ3) is 3.10. The smallest absolute Gasteiger partial charge is 0.143 e. The summed E-state index contributed by atoms with van der Waals surface area (Å²) in [4.78, 5) is 18.9. The SMILES string of the molecule is Cc1cc2c(NCC3CCCN3Cc3ccccn3)ncnc2[nH]1. The zero-order valence-corrected chi connectivity index (χ0v) is 13.9. The minimum absolute atomic E-state index is 0.511. The number of fused-ring (bicyclic) bond motifs is 1. The number of nitrogens with zero attached hydrogens (tertiary/aromatic N) is 4. The number of nitrogens with one attached hydrogen (secondary N) is 2. The highest BCUT2D eigenvalue weighted by atomic mass is 15.2. The number of anilines is 1. The lowest BCUT2D eigenvalue weighted by Crippen LogP contribution is -2.34. The van der Waals surface area contributed by atoms with Crippen LogP contribution in [0, 0.1) is 6.92 Å². The molecule has 0 aliphatic carbocycles. The molecule has 1 unspecified atom stereocenters. The minimum Gasteiger partial charge on any atom is -0.368 e. The van der Waals surface area contributed by atoms with Crippen LogP contribution in [0.15, 0.2) is 36.8 Å². The summed E-state index contributed by atoms with van der Waals surface area (Å²) in [5, 5.41) is 4.59. The summed E-state index contributed by atoms with van der Waals surface area (Å²) in [5.41, 5.74) is 3.13. The Bertz CT molecular complexity index is 813. The number of aromatic amines is 1. The van der Waals surface area contributed by atoms with E-state index in [1.54, 1.807) is 6.33 Å². The molecule has 4 heterocycles. The largest absolute Gasteiger partial charge is 0.368 e. The fraction of sp³-hybridized carbons (Fsp3) is 0.389. The molecule has 0 aromatic carbocycles. The summed E-state index contributed by atoms with van der Waals surface area (Å²) < 4.78 is 0. The number of pyridine rings is 1. The van der Waals surface area contributed by atoms with E-state index in [-0.39, 0.29) is 0 Å². The Morgan fingerprint density at radius 1 is 1.29 bits per heavy atom. The normalized spacial score (nSPS) is 18.3. The van der Waals surface area contributed by atoms with Gasteiger partial charge in [0, 0.05) is 31.0 Å². The van der Waals surface area contributed by atoms with Crippen LogP contribution >= 0.6 is 0 Å². The van der Waals surface area contributed by atoms with Crippen LogP contribution in [0.1, 0.15) is 24.2 Å². The molecule has 0 spiro atoms. The van der Waals surface area contributed by atoms with Gasteiger partial charge in [-0.1, -0.05) is 6.07 Å². The first-order valence-corrected chi connectivity index (χ1v) is 8.48. The lowest BCUT2D eigenvalue weighted by atomic mass is 10.2. The molecule has 6 heteroatoms. The molecule has 1 fully saturated rings. The Morgan fingerprint density at radius 3 is 3.12 bits per heavy atom. The summed E-state index contributed by atoms with van der Waals surface area (Å²) in [7, 11) is 0. The number of H-pyrrole nitrogens is 1. The minimum atomic E-state index is 0.511. The Hall–Kier alpha value is -2.47. The molecular weight excluding hydrogens is 300 g/mol. The van der Waals surface area contributed by atoms with E-state index in [4.69, 9.17) is 0 Å². The fourth-order valence-electron chi connectivity index (χ4n) is 3.46. The van der Waals surface area contributed by atoms with E-state index in [9.17, 15) is 0 Å². The standard InChI is InChI=1S/C18H22N6/c1-13-9-16-17(21-12-22-18(16)23-13)20-10-15-6-4-8-24(15)11-14-5-2-3-7-19-14/h2-3,5,7,9,12,15H,4,6,8,10-11H2,1H3,(H2,20,21,22,23). The molecule has 3 aromatic rings. The number of aryl methyl sites for hydroxylation is 1. The average molecular weight is 322 g/mol. The maximum absolute atomic E-state index is 4.45. The molecular formula is C18H22N6. The zero-order chi connectivity index (χ0) is 16.4. The molecule has 0 radical (unpaired) electrons. The topological polar surface area (TPSA) is 69.7 Å². The van der Waals surface area contributed by atoms with Crippen LogP contribution in [0.5, 0.6) is 0 Å². The summed E-state index contributed by atoms with van der Waals surface area (Å²) in [6.07, 6.45) is 5.92. The lowest BCUT2D eigenvalue weighted by Gasteiger charge is -2.24. The van der Waals surface area contributed by atoms with E-state index >= 15 is 0 Å². The first kappa shape index (κ1) is 15.1. The van der Waals surface area contributed by atoms with E-state index in [0.717, 1.165) is 47.9 Å². The van der Waals surface area contributed by atoms with E-state index in [0.29, 0.717) is 6.04 Å². The first-order valence-electron chi connectivity index (χ1n) is 8.48. The molecule has 24 heavy (non-hydrogen) atoms. The molecule has 6 nitrogen and oxygen atoms in total. The van der Waals surface area contributed by atoms with Crippen LogP contribution in [0.2, 0.25) is 0 Å². The van der Waals surface area contributed by atoms with E-state index in [2.05, 4.69) is 48.4 Å². The maximum Gasteiger partial charge on any atom is 0.143 e. The molecule has 0 bridgehead atoms. The van der Waals surface area contributed by atoms with Crippen molar-refractivity contribution >= 4 is 16.9 Å². The molecule has 3 aromatic heterocycles. The molecule has 1 aliphatic rings. The number of likely N-dealkylation sites (tertiary alicyclic amines) is 1. The van der Waals surface area contributed by atoms with Crippen molar-refractivity contribution in [3.8, 4) is 0 Å². The highest BCUT2D eigenvalue weighted by Crippen LogP contribution is 2.23. The molecule has 0 saturated carbocycles. The lowest BCUT2D eigenvalue weighted by molar-refractivity contribution is 0.251. The third-order valence-corrected chi connectivity index (χ3v) is 4.66. The quantitative estimate of drug-likeness (QED) is 0.756. The van der Waals surface area contributed by atoms with Crippen molar-refractivity contribution in [3.05, 3.63) is 48.2 Å². The van der Waals surface area contributed by atoms with Crippen LogP contribution in [-0.2, 0) is 6.54 Å². The molecule has 0 amide bonds. The van der Waals surface area contributed by atoms with E-state index in [1.807, 2.05) is 19.2 Å². The second kappa shape index (κ2) is 6.57. The Labute approximate surface area is 141 Å². The van der Waals surface area contributed by atoms with Gasteiger partial charge < -0.3 is 10.3 Å². The molecule has 1 atom stereocenters. The van der Waals surface area contributed by atoms with Crippen molar-refractivity contribution in [1.82, 2.24) is 24.8 Å². The molecule has 1 saturated heterocycles. The second-order valence-electron chi connectivity index (χ2n) is 6.41. The number of rotatable bonds is 5. The summed E-state index contributed by atoms with van der Waals surface area (Å²) >= 11 is 0. The molecule has 2 N–H and O–H groups in total. The summed E-state index contributed by atoms with van der Waals surface area (Å²) in [6, 6.07) is 8.72. The maximum atomic E-state index is 4.45. The van der Waals surface area contributed by atoms with Crippen molar-refractivity contribution in [2.24, 2.45) is 0 Å². The van der Waals surface area contributed by atoms with Gasteiger partial charge in [-0.2, -0.15) is 0 Å². The number of aromatic nitrogens is 4. The Balaban J connectivity index is 1.44. The van der Waals surface area contributed by atoms with Gasteiger partial charge in [0.2, 0.25) is 0 Å². The van der Waals surface area contributed by atoms with Crippen molar-refractivity contribution < 1.29 is 0 Å². The fourth-order valence-corrected chi connectivity index (χ4v) is 3.46. The molecule has 1 aliphatic heterocycles. The number of hydrogen-bond acceptors (Lipinski definition) is 5. The van der Waals surface area contributed by atoms with Crippen molar-refractivity contribution in [2.75, 3.05) is 18.4 Å². The monoisotopic (exact) mass is 322 g/mol. The zero-order valence-electron chi connectivity index (χ0n) is 13.9. The van der Waals surface area contributed by atoms with Crippen LogP contribution in [0.4, 0.5) is 5.82 Å². The van der Waals surface area contributed by atoms with Crippen molar-refractivity contribution in [3.63, 3.8) is 0 Å². The van der Waals surface area contributed by atoms with Gasteiger partial charge in [-0.15, -0.1) is 0 Å². The van der Waals surface area contributed by atoms with Gasteiger partial charge in [-0.05, 0) is 44.5 Å². The van der Waals surface area contributed by atoms with Crippen molar-refractivity contribution in [2.45, 2.75) is 32.4 Å². The predicted octanol–water partition coefficient (Wildman–Crippen LogP) is 2.74. The molecule has 4 rings (SSSR count). The van der Waals surface area contributed by atoms with Gasteiger partial charge in [-0.25, -0.2) is 9.97 Å². The predicted molar refractivity (Wildman–Crippen MR) is 94.8 cm³/mol. The van der Waals surface area contributed by atoms with Gasteiger partial charge in [0.25, 0.3) is 0 Å². The molecule has 124 valence electrons. The average Bonchev–Trinajstić information content (AvgIpc) is 3.19. The highest BCUT2D eigenvalue weighted by molar-refractivity contribution is 5.87. The summed E-state index contributed by atoms with van der Waals surface area (Å²) in [6.45, 7) is 4.97. The van der Waals surface area contributed by atoms with E-state index in [1.165, 1.54) is 12.8 Å². The van der Waals surface area contributed by atoms with Crippen molar-refractivity contribution in [1.29, 1.82) is 0 Å². The summed E-state index contributed by atoms with van der Waals surface area (Å²) in [5.74, 6) is 0.911. The van der Waals surface area contributed by atoms with Gasteiger partial charge in [-0.3, -0.25) is 9.88 Å². The van der Waals surface area contributed by atoms with Crippen LogP contribution in [0.25, 0.3) is 11.0 Å².